The van der Waals surface area contributed by atoms with Crippen molar-refractivity contribution in [1.82, 2.24) is 19.9 Å². The SMILES string of the molecule is Cc1cc(Cl)ccc1Sc1cnc(N)nc1NC1CCC(O)CC1.Nc1ncc(Sc2ccc(C(F)(F)F)cc2)c(NC2CCC(O)CC2)n1. The third-order valence-corrected chi connectivity index (χ3v) is 10.8. The van der Waals surface area contributed by atoms with Gasteiger partial charge in [0, 0.05) is 39.3 Å². The molecule has 2 aliphatic carbocycles. The number of rotatable bonds is 8. The molecule has 2 aliphatic rings. The largest absolute Gasteiger partial charge is 0.416 e. The van der Waals surface area contributed by atoms with Crippen LogP contribution in [0.3, 0.4) is 0 Å². The normalized spacial score (nSPS) is 20.8. The van der Waals surface area contributed by atoms with Crippen molar-refractivity contribution in [2.24, 2.45) is 0 Å². The van der Waals surface area contributed by atoms with Crippen molar-refractivity contribution in [3.63, 3.8) is 0 Å². The molecule has 0 bridgehead atoms. The number of hydrogen-bond donors (Lipinski definition) is 6. The standard InChI is InChI=1S/C17H21ClN4OS.C17H19F3N4OS/c1-10-8-11(18)2-7-14(10)24-15-9-20-17(19)22-16(15)21-12-3-5-13(23)6-4-12;18-17(19,20)10-1-7-13(8-2-10)26-14-9-22-16(21)24-15(14)23-11-3-5-12(25)6-4-11/h2,7-9,12-13,23H,3-6H2,1H3,(H3,19,20,21,22);1-2,7-9,11-12,25H,3-6H2,(H3,21,22,23,24). The molecule has 0 saturated heterocycles. The minimum atomic E-state index is -4.36. The zero-order valence-electron chi connectivity index (χ0n) is 27.3. The van der Waals surface area contributed by atoms with E-state index in [0.717, 1.165) is 89.7 Å². The van der Waals surface area contributed by atoms with Gasteiger partial charge in [0.25, 0.3) is 0 Å². The van der Waals surface area contributed by atoms with E-state index in [1.54, 1.807) is 24.2 Å². The monoisotopic (exact) mass is 748 g/mol. The lowest BCUT2D eigenvalue weighted by molar-refractivity contribution is -0.137. The second kappa shape index (κ2) is 17.1. The van der Waals surface area contributed by atoms with Gasteiger partial charge in [0.05, 0.1) is 27.6 Å². The highest BCUT2D eigenvalue weighted by atomic mass is 35.5. The van der Waals surface area contributed by atoms with Crippen LogP contribution in [0.4, 0.5) is 36.7 Å². The fourth-order valence-corrected chi connectivity index (χ4v) is 7.60. The average molecular weight is 749 g/mol. The molecule has 50 heavy (non-hydrogen) atoms. The van der Waals surface area contributed by atoms with E-state index in [-0.39, 0.29) is 30.1 Å². The third kappa shape index (κ3) is 11.0. The van der Waals surface area contributed by atoms with Crippen molar-refractivity contribution in [2.75, 3.05) is 22.1 Å². The predicted octanol–water partition coefficient (Wildman–Crippen LogP) is 7.83. The Labute approximate surface area is 302 Å². The van der Waals surface area contributed by atoms with E-state index in [1.165, 1.54) is 23.9 Å². The highest BCUT2D eigenvalue weighted by Gasteiger charge is 2.30. The molecule has 268 valence electrons. The molecule has 6 rings (SSSR count). The molecule has 2 heterocycles. The molecular formula is C34H40ClF3N8O2S2. The van der Waals surface area contributed by atoms with E-state index in [4.69, 9.17) is 23.1 Å². The Hall–Kier alpha value is -3.50. The molecule has 16 heteroatoms. The molecule has 0 aliphatic heterocycles. The molecule has 0 spiro atoms. The fraction of sp³-hybridized carbons (Fsp3) is 0.412. The topological polar surface area (TPSA) is 168 Å². The zero-order valence-corrected chi connectivity index (χ0v) is 29.7. The number of aliphatic hydroxyl groups excluding tert-OH is 2. The molecular weight excluding hydrogens is 709 g/mol. The maximum absolute atomic E-state index is 12.7. The number of alkyl halides is 3. The average Bonchev–Trinajstić information content (AvgIpc) is 3.07. The summed E-state index contributed by atoms with van der Waals surface area (Å²) in [7, 11) is 0. The Morgan fingerprint density at radius 3 is 1.66 bits per heavy atom. The van der Waals surface area contributed by atoms with Crippen LogP contribution < -0.4 is 22.1 Å². The molecule has 2 aromatic carbocycles. The van der Waals surface area contributed by atoms with E-state index in [0.29, 0.717) is 21.7 Å². The lowest BCUT2D eigenvalue weighted by Gasteiger charge is -2.27. The van der Waals surface area contributed by atoms with Gasteiger partial charge in [0.1, 0.15) is 11.6 Å². The lowest BCUT2D eigenvalue weighted by atomic mass is 9.93. The molecule has 0 unspecified atom stereocenters. The summed E-state index contributed by atoms with van der Waals surface area (Å²) in [5.41, 5.74) is 11.9. The van der Waals surface area contributed by atoms with Crippen LogP contribution in [0.2, 0.25) is 5.02 Å². The second-order valence-corrected chi connectivity index (χ2v) is 15.0. The van der Waals surface area contributed by atoms with Crippen molar-refractivity contribution < 1.29 is 23.4 Å². The van der Waals surface area contributed by atoms with Gasteiger partial charge in [-0.05, 0) is 106 Å². The highest BCUT2D eigenvalue weighted by Crippen LogP contribution is 2.38. The molecule has 8 N–H and O–H groups in total. The summed E-state index contributed by atoms with van der Waals surface area (Å²) in [4.78, 5) is 20.1. The third-order valence-electron chi connectivity index (χ3n) is 8.39. The maximum atomic E-state index is 12.7. The molecule has 2 saturated carbocycles. The number of aryl methyl sites for hydroxylation is 1. The van der Waals surface area contributed by atoms with E-state index in [9.17, 15) is 23.4 Å². The highest BCUT2D eigenvalue weighted by molar-refractivity contribution is 7.99. The van der Waals surface area contributed by atoms with Crippen LogP contribution in [0.1, 0.15) is 62.5 Å². The smallest absolute Gasteiger partial charge is 0.393 e. The van der Waals surface area contributed by atoms with Gasteiger partial charge >= 0.3 is 6.18 Å². The van der Waals surface area contributed by atoms with Gasteiger partial charge < -0.3 is 32.3 Å². The summed E-state index contributed by atoms with van der Waals surface area (Å²) in [6, 6.07) is 11.2. The van der Waals surface area contributed by atoms with Crippen LogP contribution in [0.25, 0.3) is 0 Å². The Bertz CT molecular complexity index is 1720. The second-order valence-electron chi connectivity index (χ2n) is 12.3. The Morgan fingerprint density at radius 1 is 0.720 bits per heavy atom. The first-order valence-corrected chi connectivity index (χ1v) is 18.3. The number of nitrogens with zero attached hydrogens (tertiary/aromatic N) is 4. The Kier molecular flexibility index (Phi) is 12.9. The van der Waals surface area contributed by atoms with Crippen molar-refractivity contribution >= 4 is 58.7 Å². The predicted molar refractivity (Wildman–Crippen MR) is 193 cm³/mol. The van der Waals surface area contributed by atoms with E-state index in [1.807, 2.05) is 25.1 Å². The van der Waals surface area contributed by atoms with Crippen LogP contribution >= 0.6 is 35.1 Å². The van der Waals surface area contributed by atoms with Gasteiger partial charge in [0.15, 0.2) is 0 Å². The van der Waals surface area contributed by atoms with Crippen molar-refractivity contribution in [2.45, 2.75) is 108 Å². The summed E-state index contributed by atoms with van der Waals surface area (Å²) in [6.45, 7) is 2.03. The van der Waals surface area contributed by atoms with Crippen molar-refractivity contribution in [3.05, 3.63) is 71.0 Å². The zero-order chi connectivity index (χ0) is 35.8. The summed E-state index contributed by atoms with van der Waals surface area (Å²) in [5.74, 6) is 1.69. The number of hydrogen-bond acceptors (Lipinski definition) is 12. The number of nitrogens with one attached hydrogen (secondary N) is 2. The first-order chi connectivity index (χ1) is 23.8. The molecule has 0 amide bonds. The van der Waals surface area contributed by atoms with E-state index >= 15 is 0 Å². The van der Waals surface area contributed by atoms with Gasteiger partial charge in [-0.2, -0.15) is 23.1 Å². The number of nitrogens with two attached hydrogens (primary N) is 2. The summed E-state index contributed by atoms with van der Waals surface area (Å²) in [5, 5.41) is 26.8. The van der Waals surface area contributed by atoms with Gasteiger partial charge in [-0.1, -0.05) is 35.1 Å². The quantitative estimate of drug-likeness (QED) is 0.103. The summed E-state index contributed by atoms with van der Waals surface area (Å²) < 4.78 is 38.0. The van der Waals surface area contributed by atoms with Crippen LogP contribution in [0.5, 0.6) is 0 Å². The Morgan fingerprint density at radius 2 is 1.20 bits per heavy atom. The summed E-state index contributed by atoms with van der Waals surface area (Å²) in [6.07, 6.45) is 5.08. The first kappa shape index (κ1) is 37.7. The number of aliphatic hydroxyl groups is 2. The molecule has 4 aromatic rings. The number of aromatic nitrogens is 4. The van der Waals surface area contributed by atoms with Crippen LogP contribution in [-0.2, 0) is 6.18 Å². The number of nitrogen functional groups attached to an aromatic ring is 2. The Balaban J connectivity index is 0.000000195. The van der Waals surface area contributed by atoms with Gasteiger partial charge in [-0.25, -0.2) is 9.97 Å². The fourth-order valence-electron chi connectivity index (χ4n) is 5.64. The van der Waals surface area contributed by atoms with Gasteiger partial charge in [0.2, 0.25) is 11.9 Å². The minimum absolute atomic E-state index is 0.125. The summed E-state index contributed by atoms with van der Waals surface area (Å²) >= 11 is 8.90. The van der Waals surface area contributed by atoms with Crippen molar-refractivity contribution in [3.8, 4) is 0 Å². The number of halogens is 4. The minimum Gasteiger partial charge on any atom is -0.393 e. The lowest BCUT2D eigenvalue weighted by Crippen LogP contribution is -2.28. The number of benzene rings is 2. The molecule has 0 atom stereocenters. The van der Waals surface area contributed by atoms with Gasteiger partial charge in [-0.15, -0.1) is 0 Å². The molecule has 2 fully saturated rings. The van der Waals surface area contributed by atoms with Gasteiger partial charge in [-0.3, -0.25) is 0 Å². The van der Waals surface area contributed by atoms with E-state index < -0.39 is 11.7 Å². The molecule has 2 aromatic heterocycles. The molecule has 10 nitrogen and oxygen atoms in total. The first-order valence-electron chi connectivity index (χ1n) is 16.3. The van der Waals surface area contributed by atoms with Crippen LogP contribution in [-0.4, -0.2) is 54.4 Å². The van der Waals surface area contributed by atoms with Crippen LogP contribution in [0.15, 0.2) is 74.4 Å². The maximum Gasteiger partial charge on any atom is 0.416 e. The van der Waals surface area contributed by atoms with E-state index in [2.05, 4.69) is 30.6 Å². The van der Waals surface area contributed by atoms with Crippen molar-refractivity contribution in [1.29, 1.82) is 0 Å². The van der Waals surface area contributed by atoms with Crippen LogP contribution in [0, 0.1) is 6.92 Å². The molecule has 0 radical (unpaired) electrons. The number of anilines is 4.